The van der Waals surface area contributed by atoms with Crippen molar-refractivity contribution in [2.75, 3.05) is 0 Å². The summed E-state index contributed by atoms with van der Waals surface area (Å²) in [5.41, 5.74) is 2.19. The minimum atomic E-state index is -2.71. The number of alkyl halides is 2. The lowest BCUT2D eigenvalue weighted by atomic mass is 10.0. The van der Waals surface area contributed by atoms with E-state index in [1.165, 1.54) is 45.3 Å². The first-order valence-corrected chi connectivity index (χ1v) is 11.3. The number of halogens is 2. The highest BCUT2D eigenvalue weighted by molar-refractivity contribution is 7.26. The summed E-state index contributed by atoms with van der Waals surface area (Å²) in [5, 5.41) is 20.0. The van der Waals surface area contributed by atoms with E-state index in [1.807, 2.05) is 30.3 Å². The minimum Gasteiger partial charge on any atom is -0.265 e. The van der Waals surface area contributed by atoms with E-state index in [2.05, 4.69) is 25.1 Å². The Balaban J connectivity index is 1.46. The molecule has 0 aliphatic rings. The van der Waals surface area contributed by atoms with Crippen LogP contribution in [-0.4, -0.2) is 39.3 Å². The number of benzene rings is 1. The highest BCUT2D eigenvalue weighted by Crippen LogP contribution is 2.40. The molecule has 0 amide bonds. The summed E-state index contributed by atoms with van der Waals surface area (Å²) in [4.78, 5) is 24.2. The standard InChI is InChI=1S/C22H14F2N8O2S/c23-20(24)15-8-14(12-4-2-1-3-5-12)17-18-19(35-22(17)27-15)21-28-16(29-31(21)11-25-18)6-7-30-10-13(9-26-30)32(33)34/h1-5,8-11,20H,6-7H2. The zero-order valence-corrected chi connectivity index (χ0v) is 18.6. The predicted octanol–water partition coefficient (Wildman–Crippen LogP) is 4.84. The number of hydrogen-bond donors (Lipinski definition) is 0. The van der Waals surface area contributed by atoms with E-state index >= 15 is 0 Å². The molecule has 0 fully saturated rings. The predicted molar refractivity (Wildman–Crippen MR) is 124 cm³/mol. The van der Waals surface area contributed by atoms with Crippen LogP contribution in [0.1, 0.15) is 17.9 Å². The van der Waals surface area contributed by atoms with Crippen molar-refractivity contribution in [3.05, 3.63) is 76.8 Å². The molecule has 0 radical (unpaired) electrons. The van der Waals surface area contributed by atoms with E-state index in [1.54, 1.807) is 0 Å². The van der Waals surface area contributed by atoms with E-state index in [0.717, 1.165) is 5.56 Å². The van der Waals surface area contributed by atoms with Gasteiger partial charge in [-0.15, -0.1) is 16.4 Å². The molecule has 5 aromatic heterocycles. The van der Waals surface area contributed by atoms with Crippen LogP contribution < -0.4 is 0 Å². The second-order valence-electron chi connectivity index (χ2n) is 7.73. The summed E-state index contributed by atoms with van der Waals surface area (Å²) in [5.74, 6) is 0.499. The monoisotopic (exact) mass is 492 g/mol. The van der Waals surface area contributed by atoms with E-state index in [0.29, 0.717) is 50.4 Å². The average Bonchev–Trinajstić information content (AvgIpc) is 3.58. The summed E-state index contributed by atoms with van der Waals surface area (Å²) < 4.78 is 30.9. The summed E-state index contributed by atoms with van der Waals surface area (Å²) in [6, 6.07) is 10.7. The van der Waals surface area contributed by atoms with Crippen LogP contribution in [0.3, 0.4) is 0 Å². The van der Waals surface area contributed by atoms with Crippen LogP contribution >= 0.6 is 11.3 Å². The molecule has 13 heteroatoms. The van der Waals surface area contributed by atoms with Gasteiger partial charge in [0.1, 0.15) is 33.9 Å². The lowest BCUT2D eigenvalue weighted by molar-refractivity contribution is -0.385. The summed E-state index contributed by atoms with van der Waals surface area (Å²) in [7, 11) is 0. The van der Waals surface area contributed by atoms with Crippen molar-refractivity contribution in [3.8, 4) is 11.1 Å². The number of fused-ring (bicyclic) bond motifs is 5. The second-order valence-corrected chi connectivity index (χ2v) is 8.73. The van der Waals surface area contributed by atoms with Crippen molar-refractivity contribution in [1.82, 2.24) is 34.3 Å². The molecule has 0 aliphatic heterocycles. The number of thiophene rings is 1. The van der Waals surface area contributed by atoms with Crippen molar-refractivity contribution >= 4 is 43.1 Å². The van der Waals surface area contributed by atoms with Gasteiger partial charge in [0.2, 0.25) is 0 Å². The Labute approximate surface area is 198 Å². The van der Waals surface area contributed by atoms with Crippen LogP contribution in [0.25, 0.3) is 37.2 Å². The number of aryl methyl sites for hydroxylation is 2. The highest BCUT2D eigenvalue weighted by atomic mass is 32.1. The largest absolute Gasteiger partial charge is 0.306 e. The maximum atomic E-state index is 13.6. The van der Waals surface area contributed by atoms with Gasteiger partial charge in [0, 0.05) is 18.4 Å². The van der Waals surface area contributed by atoms with Crippen LogP contribution in [0.5, 0.6) is 0 Å². The first kappa shape index (κ1) is 21.2. The van der Waals surface area contributed by atoms with E-state index < -0.39 is 11.3 Å². The van der Waals surface area contributed by atoms with Gasteiger partial charge in [0.25, 0.3) is 6.43 Å². The Bertz CT molecular complexity index is 1730. The number of nitrogens with zero attached hydrogens (tertiary/aromatic N) is 8. The molecule has 35 heavy (non-hydrogen) atoms. The molecule has 0 unspecified atom stereocenters. The molecule has 0 saturated carbocycles. The number of aromatic nitrogens is 7. The van der Waals surface area contributed by atoms with Gasteiger partial charge in [-0.3, -0.25) is 14.8 Å². The highest BCUT2D eigenvalue weighted by Gasteiger charge is 2.21. The zero-order valence-electron chi connectivity index (χ0n) is 17.7. The Morgan fingerprint density at radius 3 is 2.74 bits per heavy atom. The molecule has 0 N–H and O–H groups in total. The van der Waals surface area contributed by atoms with E-state index in [4.69, 9.17) is 0 Å². The molecular weight excluding hydrogens is 478 g/mol. The second kappa shape index (κ2) is 8.13. The third-order valence-corrected chi connectivity index (χ3v) is 6.60. The van der Waals surface area contributed by atoms with Gasteiger partial charge < -0.3 is 0 Å². The van der Waals surface area contributed by atoms with Gasteiger partial charge in [-0.1, -0.05) is 30.3 Å². The van der Waals surface area contributed by atoms with Gasteiger partial charge in [0.05, 0.1) is 10.4 Å². The van der Waals surface area contributed by atoms with Crippen LogP contribution in [0.15, 0.2) is 55.1 Å². The molecule has 6 aromatic rings. The Morgan fingerprint density at radius 1 is 1.17 bits per heavy atom. The van der Waals surface area contributed by atoms with Crippen molar-refractivity contribution < 1.29 is 13.7 Å². The van der Waals surface area contributed by atoms with Gasteiger partial charge in [-0.25, -0.2) is 28.2 Å². The van der Waals surface area contributed by atoms with Crippen molar-refractivity contribution in [2.24, 2.45) is 0 Å². The first-order valence-electron chi connectivity index (χ1n) is 10.5. The molecule has 174 valence electrons. The molecular formula is C22H14F2N8O2S. The number of nitro groups is 1. The topological polar surface area (TPSA) is 117 Å². The SMILES string of the molecule is O=[N+]([O-])c1cnn(CCc2nc3c4sc5nc(C(F)F)cc(-c6ccccc6)c5c4ncn3n2)c1. The Hall–Kier alpha value is -4.39. The van der Waals surface area contributed by atoms with Crippen molar-refractivity contribution in [3.63, 3.8) is 0 Å². The van der Waals surface area contributed by atoms with E-state index in [-0.39, 0.29) is 11.4 Å². The molecule has 1 aromatic carbocycles. The van der Waals surface area contributed by atoms with Gasteiger partial charge in [-0.2, -0.15) is 5.10 Å². The molecule has 5 heterocycles. The summed E-state index contributed by atoms with van der Waals surface area (Å²) >= 11 is 1.24. The maximum absolute atomic E-state index is 13.6. The smallest absolute Gasteiger partial charge is 0.265 e. The molecule has 0 saturated heterocycles. The van der Waals surface area contributed by atoms with Crippen LogP contribution in [-0.2, 0) is 13.0 Å². The van der Waals surface area contributed by atoms with E-state index in [9.17, 15) is 18.9 Å². The Kier molecular flexibility index (Phi) is 4.91. The lowest BCUT2D eigenvalue weighted by Crippen LogP contribution is -2.03. The maximum Gasteiger partial charge on any atom is 0.306 e. The zero-order chi connectivity index (χ0) is 24.1. The average molecular weight is 492 g/mol. The van der Waals surface area contributed by atoms with Crippen LogP contribution in [0, 0.1) is 10.1 Å². The summed E-state index contributed by atoms with van der Waals surface area (Å²) in [6.45, 7) is 0.352. The quantitative estimate of drug-likeness (QED) is 0.241. The van der Waals surface area contributed by atoms with Gasteiger partial charge in [-0.05, 0) is 17.2 Å². The fraction of sp³-hybridized carbons (Fsp3) is 0.136. The van der Waals surface area contributed by atoms with Crippen LogP contribution in [0.4, 0.5) is 14.5 Å². The normalized spacial score (nSPS) is 11.9. The Morgan fingerprint density at radius 2 is 2.00 bits per heavy atom. The fourth-order valence-corrected chi connectivity index (χ4v) is 5.07. The molecule has 0 aliphatic carbocycles. The van der Waals surface area contributed by atoms with Crippen molar-refractivity contribution in [1.29, 1.82) is 0 Å². The minimum absolute atomic E-state index is 0.0889. The number of pyridine rings is 1. The van der Waals surface area contributed by atoms with Gasteiger partial charge in [0.15, 0.2) is 11.5 Å². The third-order valence-electron chi connectivity index (χ3n) is 5.53. The van der Waals surface area contributed by atoms with Gasteiger partial charge >= 0.3 is 5.69 Å². The first-order chi connectivity index (χ1) is 17.0. The number of hydrogen-bond acceptors (Lipinski definition) is 8. The van der Waals surface area contributed by atoms with Crippen molar-refractivity contribution in [2.45, 2.75) is 19.4 Å². The summed E-state index contributed by atoms with van der Waals surface area (Å²) in [6.07, 6.45) is 1.74. The molecule has 6 rings (SSSR count). The fourth-order valence-electron chi connectivity index (χ4n) is 3.94. The molecule has 0 atom stereocenters. The third kappa shape index (κ3) is 3.65. The molecule has 0 bridgehead atoms. The molecule has 10 nitrogen and oxygen atoms in total. The van der Waals surface area contributed by atoms with Crippen LogP contribution in [0.2, 0.25) is 0 Å². The lowest BCUT2D eigenvalue weighted by Gasteiger charge is -2.07. The number of rotatable bonds is 6. The molecule has 0 spiro atoms.